The Morgan fingerprint density at radius 2 is 0.963 bits per heavy atom. The van der Waals surface area contributed by atoms with E-state index in [1.807, 2.05) is 0 Å². The summed E-state index contributed by atoms with van der Waals surface area (Å²) in [5.74, 6) is 0. The summed E-state index contributed by atoms with van der Waals surface area (Å²) < 4.78 is 0. The molecule has 2 N–H and O–H groups in total. The first-order valence-electron chi connectivity index (χ1n) is 8.77. The fourth-order valence-electron chi connectivity index (χ4n) is 3.04. The molecule has 0 aliphatic heterocycles. The molecule has 0 spiro atoms. The van der Waals surface area contributed by atoms with Crippen molar-refractivity contribution in [1.82, 2.24) is 4.90 Å². The van der Waals surface area contributed by atoms with Gasteiger partial charge in [0.05, 0.1) is 0 Å². The van der Waals surface area contributed by atoms with Gasteiger partial charge in [0, 0.05) is 37.6 Å². The monoisotopic (exact) mass is 492 g/mol. The summed E-state index contributed by atoms with van der Waals surface area (Å²) in [5.41, 5.74) is 7.81. The number of aryl methyl sites for hydroxylation is 4. The van der Waals surface area contributed by atoms with Crippen LogP contribution in [0.15, 0.2) is 36.4 Å². The molecule has 0 aliphatic carbocycles. The van der Waals surface area contributed by atoms with Crippen molar-refractivity contribution in [2.45, 2.75) is 27.7 Å². The maximum absolute atomic E-state index is 3.58. The summed E-state index contributed by atoms with van der Waals surface area (Å²) >= 11 is 0. The average Bonchev–Trinajstić information content (AvgIpc) is 2.53. The molecule has 6 heteroatoms. The van der Waals surface area contributed by atoms with E-state index in [4.69, 9.17) is 0 Å². The van der Waals surface area contributed by atoms with E-state index >= 15 is 0 Å². The van der Waals surface area contributed by atoms with Crippen molar-refractivity contribution >= 4 is 11.4 Å². The van der Waals surface area contributed by atoms with Crippen molar-refractivity contribution in [3.8, 4) is 0 Å². The first kappa shape index (κ1) is 28.4. The maximum atomic E-state index is 3.58. The molecule has 27 heavy (non-hydrogen) atoms. The molecule has 0 heterocycles. The smallest absolute Gasteiger partial charge is 1.00 e. The summed E-state index contributed by atoms with van der Waals surface area (Å²) in [5, 5.41) is 7.15. The Bertz CT molecular complexity index is 582. The molecule has 0 saturated heterocycles. The van der Waals surface area contributed by atoms with E-state index in [0.29, 0.717) is 0 Å². The molecule has 0 saturated carbocycles. The number of nitrogens with one attached hydrogen (secondary N) is 2. The zero-order valence-electron chi connectivity index (χ0n) is 16.9. The first-order valence-corrected chi connectivity index (χ1v) is 8.77. The SMILES string of the molecule is Cc1cccc(C)c1NCCN(C)CCNc1c(C)cccc1C.[Cl-].[Cl-].[Tc+2]. The van der Waals surface area contributed by atoms with Crippen molar-refractivity contribution < 1.29 is 44.9 Å². The Balaban J connectivity index is 0. The molecule has 0 fully saturated rings. The fraction of sp³-hybridized carbons (Fsp3) is 0.429. The normalized spacial score (nSPS) is 9.70. The molecule has 151 valence electrons. The summed E-state index contributed by atoms with van der Waals surface area (Å²) in [7, 11) is 2.18. The van der Waals surface area contributed by atoms with Crippen molar-refractivity contribution in [3.63, 3.8) is 0 Å². The molecule has 2 rings (SSSR count). The number of hydrogen-bond donors (Lipinski definition) is 2. The molecule has 2 aromatic carbocycles. The van der Waals surface area contributed by atoms with Crippen LogP contribution < -0.4 is 35.4 Å². The van der Waals surface area contributed by atoms with Crippen LogP contribution in [0.5, 0.6) is 0 Å². The van der Waals surface area contributed by atoms with Crippen molar-refractivity contribution in [3.05, 3.63) is 58.7 Å². The van der Waals surface area contributed by atoms with E-state index in [2.05, 4.69) is 86.7 Å². The van der Waals surface area contributed by atoms with Gasteiger partial charge in [-0.15, -0.1) is 0 Å². The van der Waals surface area contributed by atoms with Gasteiger partial charge in [-0.3, -0.25) is 0 Å². The number of rotatable bonds is 8. The number of para-hydroxylation sites is 2. The van der Waals surface area contributed by atoms with E-state index in [-0.39, 0.29) is 44.9 Å². The third-order valence-electron chi connectivity index (χ3n) is 4.55. The molecule has 0 unspecified atom stereocenters. The number of halogens is 2. The molecule has 0 aromatic heterocycles. The van der Waals surface area contributed by atoms with Gasteiger partial charge in [0.25, 0.3) is 0 Å². The van der Waals surface area contributed by atoms with Gasteiger partial charge >= 0.3 is 20.1 Å². The maximum Gasteiger partial charge on any atom is 2.00 e. The molecule has 0 amide bonds. The second kappa shape index (κ2) is 14.3. The van der Waals surface area contributed by atoms with Crippen molar-refractivity contribution in [1.29, 1.82) is 0 Å². The number of hydrogen-bond acceptors (Lipinski definition) is 3. The van der Waals surface area contributed by atoms with Crippen LogP contribution in [-0.4, -0.2) is 38.1 Å². The summed E-state index contributed by atoms with van der Waals surface area (Å²) in [4.78, 5) is 2.36. The van der Waals surface area contributed by atoms with Gasteiger partial charge in [0.15, 0.2) is 0 Å². The molecule has 3 nitrogen and oxygen atoms in total. The van der Waals surface area contributed by atoms with Crippen LogP contribution >= 0.6 is 0 Å². The molecule has 0 bridgehead atoms. The minimum atomic E-state index is 0. The zero-order valence-corrected chi connectivity index (χ0v) is 20.2. The Hall–Kier alpha value is -0.771. The van der Waals surface area contributed by atoms with Crippen LogP contribution in [0.2, 0.25) is 0 Å². The van der Waals surface area contributed by atoms with Crippen molar-refractivity contribution in [2.75, 3.05) is 43.9 Å². The van der Waals surface area contributed by atoms with Crippen LogP contribution in [0, 0.1) is 27.7 Å². The van der Waals surface area contributed by atoms with E-state index in [0.717, 1.165) is 26.2 Å². The summed E-state index contributed by atoms with van der Waals surface area (Å²) in [6.07, 6.45) is 0. The molecule has 0 atom stereocenters. The minimum Gasteiger partial charge on any atom is -1.00 e. The van der Waals surface area contributed by atoms with Gasteiger partial charge in [-0.2, -0.15) is 0 Å². The van der Waals surface area contributed by atoms with Gasteiger partial charge < -0.3 is 40.3 Å². The van der Waals surface area contributed by atoms with E-state index in [1.165, 1.54) is 33.6 Å². The van der Waals surface area contributed by atoms with Gasteiger partial charge in [0.1, 0.15) is 0 Å². The predicted molar refractivity (Wildman–Crippen MR) is 106 cm³/mol. The first-order chi connectivity index (χ1) is 11.5. The Morgan fingerprint density at radius 3 is 1.26 bits per heavy atom. The topological polar surface area (TPSA) is 27.3 Å². The van der Waals surface area contributed by atoms with E-state index in [9.17, 15) is 0 Å². The minimum absolute atomic E-state index is 0. The largest absolute Gasteiger partial charge is 2.00 e. The third kappa shape index (κ3) is 8.85. The Morgan fingerprint density at radius 1 is 0.667 bits per heavy atom. The van der Waals surface area contributed by atoms with Crippen LogP contribution in [0.3, 0.4) is 0 Å². The Kier molecular flexibility index (Phi) is 15.0. The quantitative estimate of drug-likeness (QED) is 0.463. The zero-order chi connectivity index (χ0) is 17.5. The predicted octanol–water partition coefficient (Wildman–Crippen LogP) is -1.62. The molecule has 1 radical (unpaired) electrons. The standard InChI is InChI=1S/C21H31N3.2ClH.Tc/c1-16-8-6-9-17(2)20(16)22-12-14-24(5)15-13-23-21-18(3)10-7-11-19(21)4;;;/h6-11,22-23H,12-15H2,1-5H3;2*1H;/q;;;+2/p-2. The third-order valence-corrected chi connectivity index (χ3v) is 4.55. The van der Waals surface area contributed by atoms with Crippen molar-refractivity contribution in [2.24, 2.45) is 0 Å². The second-order valence-corrected chi connectivity index (χ2v) is 6.69. The van der Waals surface area contributed by atoms with Gasteiger partial charge in [0.2, 0.25) is 0 Å². The van der Waals surface area contributed by atoms with Crippen LogP contribution in [0.25, 0.3) is 0 Å². The molecule has 0 aliphatic rings. The number of benzene rings is 2. The summed E-state index contributed by atoms with van der Waals surface area (Å²) in [6.45, 7) is 12.6. The average molecular weight is 494 g/mol. The second-order valence-electron chi connectivity index (χ2n) is 6.69. The Labute approximate surface area is 190 Å². The van der Waals surface area contributed by atoms with Crippen LogP contribution in [0.4, 0.5) is 11.4 Å². The fourth-order valence-corrected chi connectivity index (χ4v) is 3.04. The number of likely N-dealkylation sites (N-methyl/N-ethyl adjacent to an activating group) is 1. The number of nitrogens with zero attached hydrogens (tertiary/aromatic N) is 1. The van der Waals surface area contributed by atoms with Crippen LogP contribution in [0.1, 0.15) is 22.3 Å². The van der Waals surface area contributed by atoms with Gasteiger partial charge in [-0.1, -0.05) is 36.4 Å². The van der Waals surface area contributed by atoms with E-state index < -0.39 is 0 Å². The summed E-state index contributed by atoms with van der Waals surface area (Å²) in [6, 6.07) is 12.9. The van der Waals surface area contributed by atoms with Crippen LogP contribution in [-0.2, 0) is 20.1 Å². The van der Waals surface area contributed by atoms with E-state index in [1.54, 1.807) is 0 Å². The molecule has 2 aromatic rings. The molecular weight excluding hydrogens is 463 g/mol. The van der Waals surface area contributed by atoms with Gasteiger partial charge in [-0.05, 0) is 57.0 Å². The number of anilines is 2. The van der Waals surface area contributed by atoms with Gasteiger partial charge in [-0.25, -0.2) is 0 Å². The molecular formula is C21H31Cl2N3Tc.